The molecule has 7 heteroatoms. The van der Waals surface area contributed by atoms with Gasteiger partial charge in [-0.1, -0.05) is 71.9 Å². The fraction of sp³-hybridized carbons (Fsp3) is 0.214. The Balaban J connectivity index is 1.46. The molecule has 1 aliphatic carbocycles. The normalized spacial score (nSPS) is 14.7. The third kappa shape index (κ3) is 4.04. The molecule has 35 heavy (non-hydrogen) atoms. The first kappa shape index (κ1) is 22.4. The summed E-state index contributed by atoms with van der Waals surface area (Å²) in [5.41, 5.74) is 4.77. The van der Waals surface area contributed by atoms with Gasteiger partial charge in [0.05, 0.1) is 23.2 Å². The van der Waals surface area contributed by atoms with Crippen molar-refractivity contribution in [3.63, 3.8) is 0 Å². The number of hydrogen-bond acceptors (Lipinski definition) is 4. The molecule has 1 heterocycles. The van der Waals surface area contributed by atoms with Crippen molar-refractivity contribution in [3.05, 3.63) is 95.7 Å². The average Bonchev–Trinajstić information content (AvgIpc) is 3.61. The molecule has 0 radical (unpaired) electrons. The number of benzene rings is 3. The lowest BCUT2D eigenvalue weighted by atomic mass is 9.95. The van der Waals surface area contributed by atoms with Crippen LogP contribution in [-0.2, 0) is 5.41 Å². The lowest BCUT2D eigenvalue weighted by molar-refractivity contribution is 0.204. The topological polar surface area (TPSA) is 95.0 Å². The molecular weight excluding hydrogens is 438 g/mol. The predicted octanol–water partition coefficient (Wildman–Crippen LogP) is 6.23. The van der Waals surface area contributed by atoms with E-state index in [2.05, 4.69) is 16.4 Å². The minimum Gasteiger partial charge on any atom is -0.464 e. The third-order valence-electron chi connectivity index (χ3n) is 6.74. The third-order valence-corrected chi connectivity index (χ3v) is 6.74. The fourth-order valence-electron chi connectivity index (χ4n) is 4.46. The molecule has 1 aliphatic rings. The maximum Gasteiger partial charge on any atom is 0.417 e. The van der Waals surface area contributed by atoms with Gasteiger partial charge in [0.2, 0.25) is 0 Å². The molecule has 0 spiro atoms. The summed E-state index contributed by atoms with van der Waals surface area (Å²) >= 11 is 0. The molecule has 1 N–H and O–H groups in total. The predicted molar refractivity (Wildman–Crippen MR) is 134 cm³/mol. The molecule has 0 unspecified atom stereocenters. The Morgan fingerprint density at radius 2 is 1.63 bits per heavy atom. The number of rotatable bonds is 6. The van der Waals surface area contributed by atoms with Crippen LogP contribution in [0.25, 0.3) is 11.1 Å². The van der Waals surface area contributed by atoms with Crippen molar-refractivity contribution in [2.24, 2.45) is 0 Å². The van der Waals surface area contributed by atoms with Crippen LogP contribution in [0.1, 0.15) is 42.6 Å². The van der Waals surface area contributed by atoms with Gasteiger partial charge >= 0.3 is 6.09 Å². The molecule has 0 aliphatic heterocycles. The van der Waals surface area contributed by atoms with Crippen molar-refractivity contribution < 1.29 is 9.90 Å². The van der Waals surface area contributed by atoms with E-state index in [9.17, 15) is 15.2 Å². The molecular formula is C28H25N5O2. The summed E-state index contributed by atoms with van der Waals surface area (Å²) in [5, 5.41) is 28.0. The van der Waals surface area contributed by atoms with E-state index in [0.29, 0.717) is 17.2 Å². The van der Waals surface area contributed by atoms with Crippen molar-refractivity contribution in [1.82, 2.24) is 15.0 Å². The Kier molecular flexibility index (Phi) is 5.58. The number of nitriles is 1. The van der Waals surface area contributed by atoms with Crippen molar-refractivity contribution in [2.45, 2.75) is 38.1 Å². The average molecular weight is 464 g/mol. The Hall–Kier alpha value is -4.44. The molecule has 0 saturated heterocycles. The fourth-order valence-corrected chi connectivity index (χ4v) is 4.46. The minimum absolute atomic E-state index is 0.199. The minimum atomic E-state index is -1.11. The van der Waals surface area contributed by atoms with Gasteiger partial charge in [0, 0.05) is 0 Å². The van der Waals surface area contributed by atoms with Gasteiger partial charge in [0.15, 0.2) is 5.82 Å². The maximum absolute atomic E-state index is 12.4. The van der Waals surface area contributed by atoms with Crippen molar-refractivity contribution in [1.29, 1.82) is 5.26 Å². The van der Waals surface area contributed by atoms with Gasteiger partial charge in [-0.3, -0.25) is 0 Å². The van der Waals surface area contributed by atoms with Gasteiger partial charge in [0.1, 0.15) is 5.69 Å². The van der Waals surface area contributed by atoms with Crippen LogP contribution in [0.3, 0.4) is 0 Å². The first-order chi connectivity index (χ1) is 16.9. The Bertz CT molecular complexity index is 1400. The molecule has 174 valence electrons. The zero-order valence-electron chi connectivity index (χ0n) is 19.6. The second-order valence-corrected chi connectivity index (χ2v) is 8.97. The van der Waals surface area contributed by atoms with Crippen molar-refractivity contribution in [3.8, 4) is 17.2 Å². The summed E-state index contributed by atoms with van der Waals surface area (Å²) in [6.45, 7) is 3.73. The zero-order chi connectivity index (χ0) is 24.6. The lowest BCUT2D eigenvalue weighted by Gasteiger charge is -2.23. The second-order valence-electron chi connectivity index (χ2n) is 8.97. The van der Waals surface area contributed by atoms with Crippen LogP contribution in [0.2, 0.25) is 0 Å². The van der Waals surface area contributed by atoms with Crippen LogP contribution in [0.5, 0.6) is 0 Å². The number of aryl methyl sites for hydroxylation is 1. The highest BCUT2D eigenvalue weighted by atomic mass is 16.4. The van der Waals surface area contributed by atoms with E-state index >= 15 is 0 Å². The summed E-state index contributed by atoms with van der Waals surface area (Å²) < 4.78 is 1.65. The molecule has 1 saturated carbocycles. The highest BCUT2D eigenvalue weighted by molar-refractivity contribution is 5.94. The monoisotopic (exact) mass is 463 g/mol. The molecule has 0 bridgehead atoms. The van der Waals surface area contributed by atoms with E-state index in [-0.39, 0.29) is 11.5 Å². The molecule has 5 rings (SSSR count). The second kappa shape index (κ2) is 8.73. The summed E-state index contributed by atoms with van der Waals surface area (Å²) in [4.78, 5) is 13.6. The van der Waals surface area contributed by atoms with Gasteiger partial charge in [-0.05, 0) is 61.1 Å². The SMILES string of the molecule is Cc1nnn([C@H](C)c2ccccc2)c1N(C(=O)O)c1ccc(-c2ccc(C3(C#N)CC3)cc2)cc1. The summed E-state index contributed by atoms with van der Waals surface area (Å²) in [6.07, 6.45) is 0.715. The highest BCUT2D eigenvalue weighted by Gasteiger charge is 2.44. The van der Waals surface area contributed by atoms with Gasteiger partial charge in [0.25, 0.3) is 0 Å². The van der Waals surface area contributed by atoms with Crippen LogP contribution in [0.15, 0.2) is 78.9 Å². The quantitative estimate of drug-likeness (QED) is 0.365. The van der Waals surface area contributed by atoms with Crippen molar-refractivity contribution in [2.75, 3.05) is 4.90 Å². The van der Waals surface area contributed by atoms with Crippen LogP contribution < -0.4 is 4.90 Å². The summed E-state index contributed by atoms with van der Waals surface area (Å²) in [5.74, 6) is 0.414. The highest BCUT2D eigenvalue weighted by Crippen LogP contribution is 2.47. The van der Waals surface area contributed by atoms with Gasteiger partial charge < -0.3 is 5.11 Å². The number of aromatic nitrogens is 3. The van der Waals surface area contributed by atoms with Gasteiger partial charge in [-0.15, -0.1) is 5.10 Å². The standard InChI is InChI=1S/C28H25N5O2/c1-19-26(33(31-30-19)20(2)21-6-4-3-5-7-21)32(27(34)35)25-14-10-23(11-15-25)22-8-12-24(13-9-22)28(18-29)16-17-28/h3-15,20H,16-17H2,1-2H3,(H,34,35)/t20-/m1/s1. The van der Waals surface area contributed by atoms with Crippen molar-refractivity contribution >= 4 is 17.6 Å². The van der Waals surface area contributed by atoms with Gasteiger partial charge in [-0.25, -0.2) is 14.4 Å². The maximum atomic E-state index is 12.4. The van der Waals surface area contributed by atoms with E-state index in [1.807, 2.05) is 73.7 Å². The van der Waals surface area contributed by atoms with E-state index in [1.54, 1.807) is 23.7 Å². The first-order valence-corrected chi connectivity index (χ1v) is 11.6. The summed E-state index contributed by atoms with van der Waals surface area (Å²) in [7, 11) is 0. The number of hydrogen-bond donors (Lipinski definition) is 1. The molecule has 7 nitrogen and oxygen atoms in total. The van der Waals surface area contributed by atoms with Crippen LogP contribution in [-0.4, -0.2) is 26.2 Å². The Labute approximate surface area is 203 Å². The van der Waals surface area contributed by atoms with E-state index < -0.39 is 6.09 Å². The number of anilines is 2. The smallest absolute Gasteiger partial charge is 0.417 e. The van der Waals surface area contributed by atoms with Crippen LogP contribution >= 0.6 is 0 Å². The Morgan fingerprint density at radius 1 is 1.03 bits per heavy atom. The molecule has 3 aromatic carbocycles. The van der Waals surface area contributed by atoms with Crippen LogP contribution in [0, 0.1) is 18.3 Å². The largest absolute Gasteiger partial charge is 0.464 e. The number of nitrogens with zero attached hydrogens (tertiary/aromatic N) is 5. The Morgan fingerprint density at radius 3 is 2.17 bits per heavy atom. The van der Waals surface area contributed by atoms with Crippen LogP contribution in [0.4, 0.5) is 16.3 Å². The zero-order valence-corrected chi connectivity index (χ0v) is 19.6. The van der Waals surface area contributed by atoms with E-state index in [4.69, 9.17) is 0 Å². The summed E-state index contributed by atoms with van der Waals surface area (Å²) in [6, 6.07) is 27.5. The van der Waals surface area contributed by atoms with Gasteiger partial charge in [-0.2, -0.15) is 5.26 Å². The van der Waals surface area contributed by atoms with E-state index in [0.717, 1.165) is 35.1 Å². The molecule has 1 amide bonds. The molecule has 4 aromatic rings. The number of amides is 1. The van der Waals surface area contributed by atoms with E-state index in [1.165, 1.54) is 4.90 Å². The molecule has 1 aromatic heterocycles. The first-order valence-electron chi connectivity index (χ1n) is 11.6. The number of carbonyl (C=O) groups is 1. The molecule has 1 atom stereocenters. The number of carboxylic acid groups (broad SMARTS) is 1. The lowest BCUT2D eigenvalue weighted by Crippen LogP contribution is -2.28. The molecule has 1 fully saturated rings.